The van der Waals surface area contributed by atoms with Crippen LogP contribution in [0, 0.1) is 11.3 Å². The monoisotopic (exact) mass is 240 g/mol. The molecule has 0 spiro atoms. The molecule has 92 valence electrons. The minimum Gasteiger partial charge on any atom is -0.469 e. The number of nitrogens with zero attached hydrogens (tertiary/aromatic N) is 1. The number of hydrogen-bond donors (Lipinski definition) is 1. The fourth-order valence-electron chi connectivity index (χ4n) is 1.91. The Kier molecular flexibility index (Phi) is 4.57. The topological polar surface area (TPSA) is 49.0 Å². The van der Waals surface area contributed by atoms with Crippen molar-refractivity contribution in [3.63, 3.8) is 0 Å². The molecule has 1 unspecified atom stereocenters. The smallest absolute Gasteiger partial charge is 0.105 e. The quantitative estimate of drug-likeness (QED) is 0.844. The molecule has 0 saturated heterocycles. The molecule has 1 N–H and O–H groups in total. The van der Waals surface area contributed by atoms with E-state index in [0.29, 0.717) is 6.42 Å². The zero-order valence-corrected chi connectivity index (χ0v) is 10.2. The summed E-state index contributed by atoms with van der Waals surface area (Å²) in [6.07, 6.45) is 2.99. The van der Waals surface area contributed by atoms with Gasteiger partial charge in [0.15, 0.2) is 0 Å². The second-order valence-electron chi connectivity index (χ2n) is 4.11. The van der Waals surface area contributed by atoms with Crippen LogP contribution >= 0.6 is 0 Å². The van der Waals surface area contributed by atoms with E-state index in [1.165, 1.54) is 0 Å². The van der Waals surface area contributed by atoms with Crippen LogP contribution < -0.4 is 5.32 Å². The van der Waals surface area contributed by atoms with E-state index in [4.69, 9.17) is 9.68 Å². The van der Waals surface area contributed by atoms with Crippen LogP contribution in [0.15, 0.2) is 53.1 Å². The molecule has 0 amide bonds. The third kappa shape index (κ3) is 3.47. The molecule has 0 bridgehead atoms. The van der Waals surface area contributed by atoms with E-state index in [0.717, 1.165) is 24.3 Å². The molecule has 0 aliphatic rings. The minimum absolute atomic E-state index is 0.0890. The van der Waals surface area contributed by atoms with E-state index in [-0.39, 0.29) is 6.04 Å². The molecule has 0 radical (unpaired) electrons. The summed E-state index contributed by atoms with van der Waals surface area (Å²) >= 11 is 0. The van der Waals surface area contributed by atoms with Gasteiger partial charge in [0.05, 0.1) is 18.8 Å². The number of furan rings is 1. The molecule has 0 saturated carbocycles. The molecule has 2 rings (SSSR count). The van der Waals surface area contributed by atoms with Gasteiger partial charge >= 0.3 is 0 Å². The highest BCUT2D eigenvalue weighted by molar-refractivity contribution is 5.19. The highest BCUT2D eigenvalue weighted by atomic mass is 16.3. The lowest BCUT2D eigenvalue weighted by atomic mass is 10.0. The molecule has 1 aromatic carbocycles. The Morgan fingerprint density at radius 2 is 2.00 bits per heavy atom. The van der Waals surface area contributed by atoms with Crippen LogP contribution in [0.1, 0.15) is 23.8 Å². The lowest BCUT2D eigenvalue weighted by Crippen LogP contribution is -2.23. The Morgan fingerprint density at radius 1 is 1.17 bits per heavy atom. The summed E-state index contributed by atoms with van der Waals surface area (Å²) in [4.78, 5) is 0. The van der Waals surface area contributed by atoms with E-state index in [1.54, 1.807) is 6.26 Å². The number of nitrogens with one attached hydrogen (secondary N) is 1. The van der Waals surface area contributed by atoms with Gasteiger partial charge in [-0.05, 0) is 17.7 Å². The van der Waals surface area contributed by atoms with Gasteiger partial charge in [-0.2, -0.15) is 5.26 Å². The molecule has 0 aliphatic heterocycles. The Hall–Kier alpha value is -2.05. The molecular formula is C15H16N2O. The van der Waals surface area contributed by atoms with Gasteiger partial charge in [-0.1, -0.05) is 30.3 Å². The molecule has 0 fully saturated rings. The molecular weight excluding hydrogens is 224 g/mol. The minimum atomic E-state index is 0.0890. The van der Waals surface area contributed by atoms with Crippen LogP contribution in [0.4, 0.5) is 0 Å². The van der Waals surface area contributed by atoms with E-state index in [1.807, 2.05) is 42.5 Å². The Bertz CT molecular complexity index is 485. The van der Waals surface area contributed by atoms with Gasteiger partial charge in [-0.15, -0.1) is 0 Å². The van der Waals surface area contributed by atoms with Gasteiger partial charge < -0.3 is 9.73 Å². The summed E-state index contributed by atoms with van der Waals surface area (Å²) in [7, 11) is 0. The van der Waals surface area contributed by atoms with Crippen LogP contribution in [-0.4, -0.2) is 6.54 Å². The highest BCUT2D eigenvalue weighted by Crippen LogP contribution is 2.15. The number of rotatable bonds is 6. The highest BCUT2D eigenvalue weighted by Gasteiger charge is 2.09. The van der Waals surface area contributed by atoms with Gasteiger partial charge in [0, 0.05) is 19.0 Å². The summed E-state index contributed by atoms with van der Waals surface area (Å²) in [5.74, 6) is 0.964. The van der Waals surface area contributed by atoms with E-state index in [2.05, 4.69) is 11.4 Å². The average molecular weight is 240 g/mol. The Labute approximate surface area is 107 Å². The number of nitriles is 1. The van der Waals surface area contributed by atoms with E-state index >= 15 is 0 Å². The first-order chi connectivity index (χ1) is 8.90. The van der Waals surface area contributed by atoms with Crippen molar-refractivity contribution >= 4 is 0 Å². The first-order valence-electron chi connectivity index (χ1n) is 6.08. The first-order valence-corrected chi connectivity index (χ1v) is 6.08. The third-order valence-corrected chi connectivity index (χ3v) is 2.84. The van der Waals surface area contributed by atoms with Gasteiger partial charge in [-0.3, -0.25) is 0 Å². The van der Waals surface area contributed by atoms with E-state index in [9.17, 15) is 0 Å². The molecule has 3 nitrogen and oxygen atoms in total. The summed E-state index contributed by atoms with van der Waals surface area (Å²) < 4.78 is 5.28. The number of benzene rings is 1. The van der Waals surface area contributed by atoms with Crippen LogP contribution in [-0.2, 0) is 6.42 Å². The zero-order chi connectivity index (χ0) is 12.6. The number of hydrogen-bond acceptors (Lipinski definition) is 3. The molecule has 1 aromatic heterocycles. The van der Waals surface area contributed by atoms with Crippen LogP contribution in [0.2, 0.25) is 0 Å². The van der Waals surface area contributed by atoms with Crippen molar-refractivity contribution in [3.05, 3.63) is 60.1 Å². The molecule has 2 aromatic rings. The van der Waals surface area contributed by atoms with Crippen molar-refractivity contribution in [2.75, 3.05) is 6.54 Å². The largest absolute Gasteiger partial charge is 0.469 e. The predicted molar refractivity (Wildman–Crippen MR) is 69.8 cm³/mol. The Morgan fingerprint density at radius 3 is 2.67 bits per heavy atom. The SMILES string of the molecule is N#CCC(NCCc1ccco1)c1ccccc1. The van der Waals surface area contributed by atoms with E-state index < -0.39 is 0 Å². The molecule has 18 heavy (non-hydrogen) atoms. The van der Waals surface area contributed by atoms with Crippen LogP contribution in [0.5, 0.6) is 0 Å². The predicted octanol–water partition coefficient (Wildman–Crippen LogP) is 3.07. The van der Waals surface area contributed by atoms with Crippen LogP contribution in [0.25, 0.3) is 0 Å². The second-order valence-corrected chi connectivity index (χ2v) is 4.11. The van der Waals surface area contributed by atoms with Gasteiger partial charge in [0.1, 0.15) is 5.76 Å². The first kappa shape index (κ1) is 12.4. The van der Waals surface area contributed by atoms with Gasteiger partial charge in [0.2, 0.25) is 0 Å². The summed E-state index contributed by atoms with van der Waals surface area (Å²) in [5, 5.41) is 12.3. The van der Waals surface area contributed by atoms with Crippen molar-refractivity contribution in [3.8, 4) is 6.07 Å². The zero-order valence-electron chi connectivity index (χ0n) is 10.2. The molecule has 0 aliphatic carbocycles. The fraction of sp³-hybridized carbons (Fsp3) is 0.267. The lowest BCUT2D eigenvalue weighted by Gasteiger charge is -2.15. The normalized spacial score (nSPS) is 11.9. The van der Waals surface area contributed by atoms with Crippen molar-refractivity contribution in [1.29, 1.82) is 5.26 Å². The van der Waals surface area contributed by atoms with Crippen molar-refractivity contribution in [1.82, 2.24) is 5.32 Å². The Balaban J connectivity index is 1.89. The average Bonchev–Trinajstić information content (AvgIpc) is 2.92. The van der Waals surface area contributed by atoms with Crippen LogP contribution in [0.3, 0.4) is 0 Å². The summed E-state index contributed by atoms with van der Waals surface area (Å²) in [6, 6.07) is 16.2. The lowest BCUT2D eigenvalue weighted by molar-refractivity contribution is 0.479. The second kappa shape index (κ2) is 6.63. The van der Waals surface area contributed by atoms with Crippen molar-refractivity contribution in [2.24, 2.45) is 0 Å². The maximum atomic E-state index is 8.87. The fourth-order valence-corrected chi connectivity index (χ4v) is 1.91. The van der Waals surface area contributed by atoms with Crippen molar-refractivity contribution in [2.45, 2.75) is 18.9 Å². The van der Waals surface area contributed by atoms with Crippen molar-refractivity contribution < 1.29 is 4.42 Å². The summed E-state index contributed by atoms with van der Waals surface area (Å²) in [6.45, 7) is 0.800. The van der Waals surface area contributed by atoms with Gasteiger partial charge in [-0.25, -0.2) is 0 Å². The standard InChI is InChI=1S/C15H16N2O/c16-10-8-15(13-5-2-1-3-6-13)17-11-9-14-7-4-12-18-14/h1-7,12,15,17H,8-9,11H2. The molecule has 3 heteroatoms. The van der Waals surface area contributed by atoms with Gasteiger partial charge in [0.25, 0.3) is 0 Å². The molecule has 1 heterocycles. The molecule has 1 atom stereocenters. The maximum absolute atomic E-state index is 8.87. The summed E-state index contributed by atoms with van der Waals surface area (Å²) in [5.41, 5.74) is 1.15. The third-order valence-electron chi connectivity index (χ3n) is 2.84. The maximum Gasteiger partial charge on any atom is 0.105 e.